The third-order valence-corrected chi connectivity index (χ3v) is 4.10. The standard InChI is InChI=1S/C17H27F3N6/c1-3-21-16(23-7-5-17(18,19)20)24-13-14-4-6-22-15(12-14)26-10-8-25(2)9-11-26/h4,6,12H,3,5,7-11,13H2,1-2H3,(H2,21,23,24). The molecule has 0 aliphatic carbocycles. The predicted octanol–water partition coefficient (Wildman–Crippen LogP) is 1.84. The van der Waals surface area contributed by atoms with Crippen LogP contribution in [0.4, 0.5) is 19.0 Å². The molecule has 6 nitrogen and oxygen atoms in total. The second-order valence-electron chi connectivity index (χ2n) is 6.30. The highest BCUT2D eigenvalue weighted by Crippen LogP contribution is 2.18. The van der Waals surface area contributed by atoms with E-state index in [1.807, 2.05) is 19.1 Å². The summed E-state index contributed by atoms with van der Waals surface area (Å²) in [5.41, 5.74) is 0.974. The van der Waals surface area contributed by atoms with Crippen LogP contribution in [0.3, 0.4) is 0 Å². The second-order valence-corrected chi connectivity index (χ2v) is 6.30. The van der Waals surface area contributed by atoms with Gasteiger partial charge in [-0.1, -0.05) is 0 Å². The van der Waals surface area contributed by atoms with Crippen molar-refractivity contribution in [2.45, 2.75) is 26.1 Å². The maximum Gasteiger partial charge on any atom is 0.390 e. The number of rotatable bonds is 6. The van der Waals surface area contributed by atoms with Gasteiger partial charge in [-0.2, -0.15) is 13.2 Å². The first-order valence-electron chi connectivity index (χ1n) is 8.84. The minimum atomic E-state index is -4.17. The zero-order valence-electron chi connectivity index (χ0n) is 15.3. The molecule has 1 aromatic heterocycles. The number of hydrogen-bond acceptors (Lipinski definition) is 4. The number of nitrogens with one attached hydrogen (secondary N) is 2. The summed E-state index contributed by atoms with van der Waals surface area (Å²) >= 11 is 0. The first-order valence-corrected chi connectivity index (χ1v) is 8.84. The van der Waals surface area contributed by atoms with Crippen LogP contribution in [0, 0.1) is 0 Å². The molecule has 146 valence electrons. The van der Waals surface area contributed by atoms with E-state index in [4.69, 9.17) is 0 Å². The largest absolute Gasteiger partial charge is 0.390 e. The smallest absolute Gasteiger partial charge is 0.357 e. The van der Waals surface area contributed by atoms with E-state index in [1.165, 1.54) is 0 Å². The Morgan fingerprint density at radius 1 is 1.23 bits per heavy atom. The molecule has 1 aliphatic heterocycles. The van der Waals surface area contributed by atoms with Gasteiger partial charge in [-0.15, -0.1) is 0 Å². The summed E-state index contributed by atoms with van der Waals surface area (Å²) in [6, 6.07) is 3.87. The Morgan fingerprint density at radius 3 is 2.62 bits per heavy atom. The summed E-state index contributed by atoms with van der Waals surface area (Å²) in [4.78, 5) is 13.3. The fourth-order valence-corrected chi connectivity index (χ4v) is 2.60. The molecule has 9 heteroatoms. The third-order valence-electron chi connectivity index (χ3n) is 4.10. The van der Waals surface area contributed by atoms with E-state index in [-0.39, 0.29) is 6.54 Å². The van der Waals surface area contributed by atoms with Gasteiger partial charge in [-0.25, -0.2) is 9.98 Å². The molecular weight excluding hydrogens is 345 g/mol. The molecule has 1 aliphatic rings. The van der Waals surface area contributed by atoms with Crippen molar-refractivity contribution in [2.24, 2.45) is 4.99 Å². The van der Waals surface area contributed by atoms with Crippen LogP contribution in [0.25, 0.3) is 0 Å². The molecule has 0 atom stereocenters. The first kappa shape index (κ1) is 20.3. The molecule has 0 spiro atoms. The fraction of sp³-hybridized carbons (Fsp3) is 0.647. The van der Waals surface area contributed by atoms with Gasteiger partial charge < -0.3 is 20.4 Å². The number of likely N-dealkylation sites (N-methyl/N-ethyl adjacent to an activating group) is 1. The number of halogens is 3. The van der Waals surface area contributed by atoms with E-state index >= 15 is 0 Å². The van der Waals surface area contributed by atoms with Crippen molar-refractivity contribution in [3.8, 4) is 0 Å². The van der Waals surface area contributed by atoms with Crippen molar-refractivity contribution in [1.82, 2.24) is 20.5 Å². The Bertz CT molecular complexity index is 582. The van der Waals surface area contributed by atoms with E-state index in [0.29, 0.717) is 19.0 Å². The summed E-state index contributed by atoms with van der Waals surface area (Å²) in [5.74, 6) is 1.30. The van der Waals surface area contributed by atoms with E-state index in [0.717, 1.165) is 37.6 Å². The summed E-state index contributed by atoms with van der Waals surface area (Å²) in [6.07, 6.45) is -3.31. The zero-order valence-corrected chi connectivity index (χ0v) is 15.3. The molecule has 0 unspecified atom stereocenters. The minimum Gasteiger partial charge on any atom is -0.357 e. The highest BCUT2D eigenvalue weighted by molar-refractivity contribution is 5.79. The molecule has 1 fully saturated rings. The van der Waals surface area contributed by atoms with Gasteiger partial charge >= 0.3 is 6.18 Å². The summed E-state index contributed by atoms with van der Waals surface area (Å²) in [7, 11) is 2.10. The number of aliphatic imine (C=N–C) groups is 1. The van der Waals surface area contributed by atoms with Crippen LogP contribution in [0.1, 0.15) is 18.9 Å². The van der Waals surface area contributed by atoms with Crippen molar-refractivity contribution >= 4 is 11.8 Å². The number of aromatic nitrogens is 1. The van der Waals surface area contributed by atoms with Crippen molar-refractivity contribution in [1.29, 1.82) is 0 Å². The first-order chi connectivity index (χ1) is 12.4. The Balaban J connectivity index is 1.94. The number of hydrogen-bond donors (Lipinski definition) is 2. The van der Waals surface area contributed by atoms with Crippen LogP contribution in [0.5, 0.6) is 0 Å². The number of anilines is 1. The summed E-state index contributed by atoms with van der Waals surface area (Å²) < 4.78 is 36.8. The molecule has 26 heavy (non-hydrogen) atoms. The van der Waals surface area contributed by atoms with Crippen molar-refractivity contribution in [3.63, 3.8) is 0 Å². The molecule has 0 amide bonds. The van der Waals surface area contributed by atoms with Gasteiger partial charge in [0.1, 0.15) is 5.82 Å². The number of pyridine rings is 1. The Hall–Kier alpha value is -2.03. The van der Waals surface area contributed by atoms with E-state index in [9.17, 15) is 13.2 Å². The minimum absolute atomic E-state index is 0.196. The van der Waals surface area contributed by atoms with Crippen molar-refractivity contribution in [2.75, 3.05) is 51.2 Å². The topological polar surface area (TPSA) is 55.8 Å². The Morgan fingerprint density at radius 2 is 1.96 bits per heavy atom. The van der Waals surface area contributed by atoms with Crippen LogP contribution in [-0.4, -0.2) is 68.3 Å². The van der Waals surface area contributed by atoms with Crippen LogP contribution < -0.4 is 15.5 Å². The number of guanidine groups is 1. The highest BCUT2D eigenvalue weighted by atomic mass is 19.4. The van der Waals surface area contributed by atoms with E-state index < -0.39 is 12.6 Å². The Labute approximate surface area is 152 Å². The van der Waals surface area contributed by atoms with E-state index in [1.54, 1.807) is 6.20 Å². The summed E-state index contributed by atoms with van der Waals surface area (Å²) in [5, 5.41) is 5.68. The van der Waals surface area contributed by atoms with Gasteiger partial charge in [0.15, 0.2) is 5.96 Å². The van der Waals surface area contributed by atoms with Crippen LogP contribution >= 0.6 is 0 Å². The monoisotopic (exact) mass is 372 g/mol. The van der Waals surface area contributed by atoms with Gasteiger partial charge in [0, 0.05) is 45.5 Å². The molecule has 1 saturated heterocycles. The SMILES string of the molecule is CCNC(=NCc1ccnc(N2CCN(C)CC2)c1)NCCC(F)(F)F. The molecule has 0 aromatic carbocycles. The lowest BCUT2D eigenvalue weighted by molar-refractivity contribution is -0.132. The third kappa shape index (κ3) is 7.07. The predicted molar refractivity (Wildman–Crippen MR) is 97.4 cm³/mol. The van der Waals surface area contributed by atoms with Gasteiger partial charge in [0.2, 0.25) is 0 Å². The number of nitrogens with zero attached hydrogens (tertiary/aromatic N) is 4. The lowest BCUT2D eigenvalue weighted by atomic mass is 10.2. The normalized spacial score (nSPS) is 16.7. The molecular formula is C17H27F3N6. The fourth-order valence-electron chi connectivity index (χ4n) is 2.60. The van der Waals surface area contributed by atoms with Gasteiger partial charge in [-0.05, 0) is 31.7 Å². The van der Waals surface area contributed by atoms with E-state index in [2.05, 4.69) is 37.5 Å². The maximum absolute atomic E-state index is 12.3. The lowest BCUT2D eigenvalue weighted by Gasteiger charge is -2.33. The molecule has 2 N–H and O–H groups in total. The average molecular weight is 372 g/mol. The molecule has 2 rings (SSSR count). The van der Waals surface area contributed by atoms with Gasteiger partial charge in [0.05, 0.1) is 13.0 Å². The molecule has 0 radical (unpaired) electrons. The van der Waals surface area contributed by atoms with Crippen LogP contribution in [0.2, 0.25) is 0 Å². The molecule has 1 aromatic rings. The number of piperazine rings is 1. The average Bonchev–Trinajstić information content (AvgIpc) is 2.59. The number of alkyl halides is 3. The van der Waals surface area contributed by atoms with Gasteiger partial charge in [0.25, 0.3) is 0 Å². The molecule has 0 saturated carbocycles. The zero-order chi connectivity index (χ0) is 19.0. The van der Waals surface area contributed by atoms with Crippen LogP contribution in [-0.2, 0) is 6.54 Å². The van der Waals surface area contributed by atoms with Crippen LogP contribution in [0.15, 0.2) is 23.3 Å². The molecule has 2 heterocycles. The second kappa shape index (κ2) is 9.61. The quantitative estimate of drug-likeness (QED) is 0.590. The highest BCUT2D eigenvalue weighted by Gasteiger charge is 2.26. The van der Waals surface area contributed by atoms with Gasteiger partial charge in [-0.3, -0.25) is 0 Å². The maximum atomic E-state index is 12.3. The van der Waals surface area contributed by atoms with Crippen molar-refractivity contribution < 1.29 is 13.2 Å². The lowest BCUT2D eigenvalue weighted by Crippen LogP contribution is -2.44. The molecule has 0 bridgehead atoms. The Kier molecular flexibility index (Phi) is 7.50. The summed E-state index contributed by atoms with van der Waals surface area (Å²) in [6.45, 7) is 6.49. The van der Waals surface area contributed by atoms with Crippen molar-refractivity contribution in [3.05, 3.63) is 23.9 Å².